The molecule has 0 saturated carbocycles. The number of nitrogens with zero attached hydrogens (tertiary/aromatic N) is 2. The van der Waals surface area contributed by atoms with Crippen molar-refractivity contribution in [3.63, 3.8) is 0 Å². The molecule has 3 aromatic rings. The summed E-state index contributed by atoms with van der Waals surface area (Å²) in [6, 6.07) is 14.5. The fourth-order valence-corrected chi connectivity index (χ4v) is 3.06. The van der Waals surface area contributed by atoms with E-state index in [-0.39, 0.29) is 11.1 Å². The first-order valence-electron chi connectivity index (χ1n) is 8.11. The van der Waals surface area contributed by atoms with E-state index in [1.165, 1.54) is 0 Å². The number of nitrogens with two attached hydrogens (primary N) is 1. The molecule has 0 aliphatic carbocycles. The molecule has 0 radical (unpaired) electrons. The van der Waals surface area contributed by atoms with Crippen molar-refractivity contribution in [2.45, 2.75) is 17.1 Å². The fourth-order valence-electron chi connectivity index (χ4n) is 2.27. The first-order valence-corrected chi connectivity index (χ1v) is 9.09. The number of rotatable bonds is 5. The van der Waals surface area contributed by atoms with Gasteiger partial charge in [0.25, 0.3) is 5.91 Å². The van der Waals surface area contributed by atoms with Gasteiger partial charge in [0, 0.05) is 17.5 Å². The molecule has 3 N–H and O–H groups in total. The molecule has 1 amide bonds. The Bertz CT molecular complexity index is 977. The lowest BCUT2D eigenvalue weighted by Crippen LogP contribution is -2.13. The van der Waals surface area contributed by atoms with Gasteiger partial charge in [-0.25, -0.2) is 9.97 Å². The van der Waals surface area contributed by atoms with Crippen LogP contribution in [0.2, 0.25) is 0 Å². The smallest absolute Gasteiger partial charge is 0.397 e. The predicted octanol–water partition coefficient (Wildman–Crippen LogP) is 4.62. The maximum absolute atomic E-state index is 12.7. The summed E-state index contributed by atoms with van der Waals surface area (Å²) in [6.45, 7) is 0. The van der Waals surface area contributed by atoms with E-state index in [1.54, 1.807) is 48.5 Å². The summed E-state index contributed by atoms with van der Waals surface area (Å²) in [5.74, 6) is 0.0628. The molecule has 0 unspecified atom stereocenters. The van der Waals surface area contributed by atoms with Gasteiger partial charge in [0.05, 0.1) is 11.4 Å². The minimum Gasteiger partial charge on any atom is -0.397 e. The summed E-state index contributed by atoms with van der Waals surface area (Å²) in [6.07, 6.45) is -3.42. The van der Waals surface area contributed by atoms with Crippen LogP contribution in [0.4, 0.5) is 24.5 Å². The lowest BCUT2D eigenvalue weighted by atomic mass is 10.1. The Morgan fingerprint density at radius 1 is 1.07 bits per heavy atom. The number of carbonyl (C=O) groups excluding carboxylic acids is 1. The van der Waals surface area contributed by atoms with Crippen LogP contribution < -0.4 is 11.1 Å². The zero-order valence-electron chi connectivity index (χ0n) is 14.4. The maximum atomic E-state index is 12.7. The molecule has 0 fully saturated rings. The standard InChI is InChI=1S/C19H15F3N4OS/c20-19(21,22)16-9-10-24-18(26-16)28-11-12-5-7-13(8-6-12)17(27)25-15-4-2-1-3-14(15)23/h1-10H,11,23H2,(H,25,27). The topological polar surface area (TPSA) is 80.9 Å². The summed E-state index contributed by atoms with van der Waals surface area (Å²) in [7, 11) is 0. The number of anilines is 2. The number of benzene rings is 2. The summed E-state index contributed by atoms with van der Waals surface area (Å²) in [4.78, 5) is 19.6. The number of aromatic nitrogens is 2. The van der Waals surface area contributed by atoms with E-state index in [0.717, 1.165) is 29.6 Å². The minimum atomic E-state index is -4.50. The Labute approximate surface area is 163 Å². The van der Waals surface area contributed by atoms with Crippen LogP contribution in [-0.4, -0.2) is 15.9 Å². The molecule has 0 atom stereocenters. The van der Waals surface area contributed by atoms with Gasteiger partial charge >= 0.3 is 6.18 Å². The molecule has 1 heterocycles. The van der Waals surface area contributed by atoms with E-state index in [2.05, 4.69) is 15.3 Å². The number of carbonyl (C=O) groups is 1. The number of alkyl halides is 3. The first-order chi connectivity index (χ1) is 13.3. The van der Waals surface area contributed by atoms with Crippen molar-refractivity contribution >= 4 is 29.0 Å². The summed E-state index contributed by atoms with van der Waals surface area (Å²) >= 11 is 1.08. The van der Waals surface area contributed by atoms with Crippen LogP contribution in [0.25, 0.3) is 0 Å². The Morgan fingerprint density at radius 3 is 2.46 bits per heavy atom. The van der Waals surface area contributed by atoms with E-state index < -0.39 is 11.9 Å². The van der Waals surface area contributed by atoms with Crippen molar-refractivity contribution in [3.8, 4) is 0 Å². The van der Waals surface area contributed by atoms with Gasteiger partial charge in [-0.15, -0.1) is 0 Å². The van der Waals surface area contributed by atoms with E-state index in [4.69, 9.17) is 5.73 Å². The highest BCUT2D eigenvalue weighted by Crippen LogP contribution is 2.29. The first kappa shape index (κ1) is 19.7. The van der Waals surface area contributed by atoms with Crippen LogP contribution >= 0.6 is 11.8 Å². The molecule has 3 rings (SSSR count). The van der Waals surface area contributed by atoms with Gasteiger partial charge in [-0.05, 0) is 35.9 Å². The van der Waals surface area contributed by atoms with E-state index in [1.807, 2.05) is 0 Å². The highest BCUT2D eigenvalue weighted by atomic mass is 32.2. The summed E-state index contributed by atoms with van der Waals surface area (Å²) < 4.78 is 38.1. The number of hydrogen-bond acceptors (Lipinski definition) is 5. The van der Waals surface area contributed by atoms with Crippen LogP contribution in [0.15, 0.2) is 66.0 Å². The number of halogens is 3. The van der Waals surface area contributed by atoms with E-state index in [9.17, 15) is 18.0 Å². The second-order valence-electron chi connectivity index (χ2n) is 5.75. The van der Waals surface area contributed by atoms with Crippen molar-refractivity contribution in [1.29, 1.82) is 0 Å². The van der Waals surface area contributed by atoms with Gasteiger partial charge in [0.15, 0.2) is 5.16 Å². The average molecular weight is 404 g/mol. The van der Waals surface area contributed by atoms with Crippen LogP contribution in [0.1, 0.15) is 21.6 Å². The zero-order chi connectivity index (χ0) is 20.1. The lowest BCUT2D eigenvalue weighted by Gasteiger charge is -2.09. The molecule has 0 saturated heterocycles. The second kappa shape index (κ2) is 8.30. The average Bonchev–Trinajstić information content (AvgIpc) is 2.68. The van der Waals surface area contributed by atoms with E-state index in [0.29, 0.717) is 22.7 Å². The van der Waals surface area contributed by atoms with Crippen molar-refractivity contribution in [2.75, 3.05) is 11.1 Å². The van der Waals surface area contributed by atoms with Gasteiger partial charge in [-0.1, -0.05) is 36.0 Å². The number of nitrogens with one attached hydrogen (secondary N) is 1. The molecule has 28 heavy (non-hydrogen) atoms. The molecule has 1 aromatic heterocycles. The highest BCUT2D eigenvalue weighted by molar-refractivity contribution is 7.98. The number of thioether (sulfide) groups is 1. The zero-order valence-corrected chi connectivity index (χ0v) is 15.2. The van der Waals surface area contributed by atoms with Crippen LogP contribution in [0.3, 0.4) is 0 Å². The normalized spacial score (nSPS) is 11.2. The van der Waals surface area contributed by atoms with Crippen molar-refractivity contribution < 1.29 is 18.0 Å². The van der Waals surface area contributed by atoms with Crippen LogP contribution in [0.5, 0.6) is 0 Å². The van der Waals surface area contributed by atoms with Crippen molar-refractivity contribution in [3.05, 3.63) is 77.6 Å². The maximum Gasteiger partial charge on any atom is 0.433 e. The summed E-state index contributed by atoms with van der Waals surface area (Å²) in [5, 5.41) is 2.77. The Balaban J connectivity index is 1.62. The Kier molecular flexibility index (Phi) is 5.84. The second-order valence-corrected chi connectivity index (χ2v) is 6.69. The van der Waals surface area contributed by atoms with E-state index >= 15 is 0 Å². The SMILES string of the molecule is Nc1ccccc1NC(=O)c1ccc(CSc2nccc(C(F)(F)F)n2)cc1. The van der Waals surface area contributed by atoms with Crippen molar-refractivity contribution in [1.82, 2.24) is 9.97 Å². The van der Waals surface area contributed by atoms with Gasteiger partial charge < -0.3 is 11.1 Å². The van der Waals surface area contributed by atoms with Crippen molar-refractivity contribution in [2.24, 2.45) is 0 Å². The molecule has 5 nitrogen and oxygen atoms in total. The largest absolute Gasteiger partial charge is 0.433 e. The number of nitrogen functional groups attached to an aromatic ring is 1. The third-order valence-corrected chi connectivity index (χ3v) is 4.65. The monoisotopic (exact) mass is 404 g/mol. The van der Waals surface area contributed by atoms with Gasteiger partial charge in [0.2, 0.25) is 0 Å². The molecule has 0 aliphatic heterocycles. The van der Waals surface area contributed by atoms with Gasteiger partial charge in [0.1, 0.15) is 5.69 Å². The molecule has 0 bridgehead atoms. The number of hydrogen-bond donors (Lipinski definition) is 2. The third kappa shape index (κ3) is 5.01. The van der Waals surface area contributed by atoms with Gasteiger partial charge in [-0.3, -0.25) is 4.79 Å². The third-order valence-electron chi connectivity index (χ3n) is 3.72. The molecular formula is C19H15F3N4OS. The molecule has 0 spiro atoms. The molecular weight excluding hydrogens is 389 g/mol. The molecule has 2 aromatic carbocycles. The Hall–Kier alpha value is -3.07. The molecule has 144 valence electrons. The predicted molar refractivity (Wildman–Crippen MR) is 102 cm³/mol. The Morgan fingerprint density at radius 2 is 1.79 bits per heavy atom. The lowest BCUT2D eigenvalue weighted by molar-refractivity contribution is -0.141. The van der Waals surface area contributed by atoms with Crippen LogP contribution in [-0.2, 0) is 11.9 Å². The fraction of sp³-hybridized carbons (Fsp3) is 0.105. The summed E-state index contributed by atoms with van der Waals surface area (Å²) in [5.41, 5.74) is 7.07. The van der Waals surface area contributed by atoms with Crippen LogP contribution in [0, 0.1) is 0 Å². The minimum absolute atomic E-state index is 0.0381. The number of amides is 1. The van der Waals surface area contributed by atoms with Gasteiger partial charge in [-0.2, -0.15) is 13.2 Å². The molecule has 0 aliphatic rings. The number of para-hydroxylation sites is 2. The molecule has 9 heteroatoms. The quantitative estimate of drug-likeness (QED) is 0.368. The highest BCUT2D eigenvalue weighted by Gasteiger charge is 2.32.